The summed E-state index contributed by atoms with van der Waals surface area (Å²) in [5, 5.41) is 14.1. The number of nitrogens with zero attached hydrogens (tertiary/aromatic N) is 4. The van der Waals surface area contributed by atoms with Crippen LogP contribution in [0.3, 0.4) is 0 Å². The van der Waals surface area contributed by atoms with Crippen molar-refractivity contribution in [3.05, 3.63) is 64.0 Å². The molecule has 10 heteroatoms. The molecule has 194 valence electrons. The Morgan fingerprint density at radius 3 is 2.73 bits per heavy atom. The van der Waals surface area contributed by atoms with E-state index in [1.807, 2.05) is 31.3 Å². The van der Waals surface area contributed by atoms with Crippen molar-refractivity contribution in [3.8, 4) is 0 Å². The SMILES string of the molecule is CCc1cc2cnc(CN3CCN(c4ccc(C(=O)NC5COC5)nc4)CC34CC(O)C4)cc2[nH]c1=O. The first-order valence-corrected chi connectivity index (χ1v) is 13.0. The average Bonchev–Trinajstić information content (AvgIpc) is 2.86. The fraction of sp³-hybridized carbons (Fsp3) is 0.481. The number of carbonyl (C=O) groups is 1. The van der Waals surface area contributed by atoms with Crippen LogP contribution in [0.5, 0.6) is 0 Å². The molecule has 3 aromatic heterocycles. The van der Waals surface area contributed by atoms with Gasteiger partial charge in [-0.3, -0.25) is 19.5 Å². The molecule has 2 aliphatic heterocycles. The second-order valence-electron chi connectivity index (χ2n) is 10.5. The van der Waals surface area contributed by atoms with Crippen LogP contribution >= 0.6 is 0 Å². The van der Waals surface area contributed by atoms with Crippen molar-refractivity contribution in [2.75, 3.05) is 37.7 Å². The molecular weight excluding hydrogens is 472 g/mol. The summed E-state index contributed by atoms with van der Waals surface area (Å²) in [6.45, 7) is 6.09. The molecule has 0 unspecified atom stereocenters. The number of hydrogen-bond donors (Lipinski definition) is 3. The van der Waals surface area contributed by atoms with E-state index in [-0.39, 0.29) is 29.2 Å². The number of piperazine rings is 1. The van der Waals surface area contributed by atoms with Crippen LogP contribution in [0.2, 0.25) is 0 Å². The van der Waals surface area contributed by atoms with Gasteiger partial charge in [-0.15, -0.1) is 0 Å². The molecule has 37 heavy (non-hydrogen) atoms. The molecule has 6 rings (SSSR count). The molecular formula is C27H32N6O4. The number of aromatic amines is 1. The van der Waals surface area contributed by atoms with Crippen LogP contribution in [0, 0.1) is 0 Å². The highest BCUT2D eigenvalue weighted by atomic mass is 16.5. The van der Waals surface area contributed by atoms with Crippen molar-refractivity contribution in [3.63, 3.8) is 0 Å². The average molecular weight is 505 g/mol. The number of aliphatic hydroxyl groups is 1. The Bertz CT molecular complexity index is 1360. The van der Waals surface area contributed by atoms with Crippen LogP contribution in [0.15, 0.2) is 41.5 Å². The van der Waals surface area contributed by atoms with Crippen LogP contribution in [0.4, 0.5) is 5.69 Å². The molecule has 0 atom stereocenters. The Hall–Kier alpha value is -3.34. The molecule has 0 bridgehead atoms. The van der Waals surface area contributed by atoms with Crippen molar-refractivity contribution in [1.82, 2.24) is 25.2 Å². The predicted octanol–water partition coefficient (Wildman–Crippen LogP) is 1.22. The van der Waals surface area contributed by atoms with Gasteiger partial charge in [0.05, 0.1) is 48.5 Å². The standard InChI is InChI=1S/C27H32N6O4/c1-2-17-7-18-11-28-19(8-24(18)31-25(17)35)13-33-6-5-32(16-27(33)9-22(34)10-27)21-3-4-23(29-12-21)26(36)30-20-14-37-15-20/h3-4,7-8,11-12,20,22,34H,2,5-6,9-10,13-16H2,1H3,(H,30,36)(H,31,35). The van der Waals surface area contributed by atoms with Crippen molar-refractivity contribution < 1.29 is 14.6 Å². The van der Waals surface area contributed by atoms with Crippen LogP contribution in [0.1, 0.15) is 41.5 Å². The number of carbonyl (C=O) groups excluding carboxylic acids is 1. The van der Waals surface area contributed by atoms with Crippen LogP contribution in [0.25, 0.3) is 10.9 Å². The number of aromatic nitrogens is 3. The Morgan fingerprint density at radius 1 is 1.22 bits per heavy atom. The minimum absolute atomic E-state index is 0.0477. The molecule has 5 heterocycles. The Labute approximate surface area is 214 Å². The minimum Gasteiger partial charge on any atom is -0.393 e. The number of H-pyrrole nitrogens is 1. The van der Waals surface area contributed by atoms with E-state index in [0.717, 1.165) is 47.5 Å². The number of amides is 1. The Morgan fingerprint density at radius 2 is 2.05 bits per heavy atom. The molecule has 1 aliphatic carbocycles. The van der Waals surface area contributed by atoms with Gasteiger partial charge >= 0.3 is 0 Å². The zero-order chi connectivity index (χ0) is 25.6. The van der Waals surface area contributed by atoms with E-state index in [0.29, 0.717) is 44.7 Å². The van der Waals surface area contributed by atoms with Gasteiger partial charge in [0.1, 0.15) is 5.69 Å². The molecule has 3 N–H and O–H groups in total. The fourth-order valence-electron chi connectivity index (χ4n) is 5.70. The van der Waals surface area contributed by atoms with Gasteiger partial charge in [-0.25, -0.2) is 4.98 Å². The summed E-state index contributed by atoms with van der Waals surface area (Å²) < 4.78 is 5.11. The third-order valence-electron chi connectivity index (χ3n) is 7.94. The summed E-state index contributed by atoms with van der Waals surface area (Å²) >= 11 is 0. The normalized spacial score (nSPS) is 24.2. The molecule has 10 nitrogen and oxygen atoms in total. The first kappa shape index (κ1) is 24.0. The van der Waals surface area contributed by atoms with Gasteiger partial charge < -0.3 is 25.0 Å². The summed E-state index contributed by atoms with van der Waals surface area (Å²) in [5.74, 6) is -0.182. The number of anilines is 1. The minimum atomic E-state index is -0.310. The Kier molecular flexibility index (Phi) is 6.18. The van der Waals surface area contributed by atoms with E-state index in [1.165, 1.54) is 0 Å². The highest BCUT2D eigenvalue weighted by Gasteiger charge is 2.51. The molecule has 0 radical (unpaired) electrons. The molecule has 3 aliphatic rings. The largest absolute Gasteiger partial charge is 0.393 e. The third kappa shape index (κ3) is 4.60. The number of aliphatic hydroxyl groups excluding tert-OH is 1. The monoisotopic (exact) mass is 504 g/mol. The van der Waals surface area contributed by atoms with Gasteiger partial charge in [-0.1, -0.05) is 6.92 Å². The molecule has 1 saturated carbocycles. The van der Waals surface area contributed by atoms with E-state index < -0.39 is 0 Å². The second-order valence-corrected chi connectivity index (χ2v) is 10.5. The van der Waals surface area contributed by atoms with Crippen LogP contribution in [-0.2, 0) is 17.7 Å². The Balaban J connectivity index is 1.16. The summed E-state index contributed by atoms with van der Waals surface area (Å²) in [7, 11) is 0. The fourth-order valence-corrected chi connectivity index (χ4v) is 5.70. The highest BCUT2D eigenvalue weighted by molar-refractivity contribution is 5.92. The maximum Gasteiger partial charge on any atom is 0.270 e. The van der Waals surface area contributed by atoms with Crippen LogP contribution < -0.4 is 15.8 Å². The van der Waals surface area contributed by atoms with Gasteiger partial charge in [0, 0.05) is 48.9 Å². The van der Waals surface area contributed by atoms with Crippen molar-refractivity contribution >= 4 is 22.5 Å². The van der Waals surface area contributed by atoms with Gasteiger partial charge in [0.2, 0.25) is 0 Å². The molecule has 1 spiro atoms. The highest BCUT2D eigenvalue weighted by Crippen LogP contribution is 2.42. The number of rotatable bonds is 6. The van der Waals surface area contributed by atoms with Crippen LogP contribution in [-0.4, -0.2) is 81.4 Å². The third-order valence-corrected chi connectivity index (χ3v) is 7.94. The molecule has 3 aromatic rings. The number of ether oxygens (including phenoxy) is 1. The van der Waals surface area contributed by atoms with Gasteiger partial charge in [0.25, 0.3) is 11.5 Å². The smallest absolute Gasteiger partial charge is 0.270 e. The lowest BCUT2D eigenvalue weighted by molar-refractivity contribution is -0.0829. The van der Waals surface area contributed by atoms with E-state index in [2.05, 4.69) is 30.1 Å². The van der Waals surface area contributed by atoms with Gasteiger partial charge in [-0.05, 0) is 43.5 Å². The van der Waals surface area contributed by atoms with E-state index in [1.54, 1.807) is 12.3 Å². The maximum atomic E-state index is 12.4. The van der Waals surface area contributed by atoms with Gasteiger partial charge in [0.15, 0.2) is 0 Å². The first-order chi connectivity index (χ1) is 17.9. The number of pyridine rings is 3. The summed E-state index contributed by atoms with van der Waals surface area (Å²) in [4.78, 5) is 41.5. The first-order valence-electron chi connectivity index (χ1n) is 13.0. The number of aryl methyl sites for hydroxylation is 1. The summed E-state index contributed by atoms with van der Waals surface area (Å²) in [6.07, 6.45) is 5.37. The van der Waals surface area contributed by atoms with E-state index in [4.69, 9.17) is 4.74 Å². The lowest BCUT2D eigenvalue weighted by atomic mass is 9.71. The predicted molar refractivity (Wildman–Crippen MR) is 139 cm³/mol. The number of nitrogens with one attached hydrogen (secondary N) is 2. The molecule has 1 amide bonds. The van der Waals surface area contributed by atoms with Gasteiger partial charge in [-0.2, -0.15) is 0 Å². The quantitative estimate of drug-likeness (QED) is 0.458. The topological polar surface area (TPSA) is 124 Å². The molecule has 2 saturated heterocycles. The van der Waals surface area contributed by atoms with E-state index >= 15 is 0 Å². The van der Waals surface area contributed by atoms with Crippen molar-refractivity contribution in [2.24, 2.45) is 0 Å². The van der Waals surface area contributed by atoms with Crippen molar-refractivity contribution in [2.45, 2.75) is 50.4 Å². The summed E-state index contributed by atoms with van der Waals surface area (Å²) in [5.41, 5.74) is 3.62. The molecule has 0 aromatic carbocycles. The molecule has 3 fully saturated rings. The second kappa shape index (κ2) is 9.51. The number of hydrogen-bond acceptors (Lipinski definition) is 8. The lowest BCUT2D eigenvalue weighted by Crippen LogP contribution is -2.68. The van der Waals surface area contributed by atoms with Crippen molar-refractivity contribution in [1.29, 1.82) is 0 Å². The van der Waals surface area contributed by atoms with E-state index in [9.17, 15) is 14.7 Å². The lowest BCUT2D eigenvalue weighted by Gasteiger charge is -2.58. The zero-order valence-corrected chi connectivity index (χ0v) is 20.9. The maximum absolute atomic E-state index is 12.4. The summed E-state index contributed by atoms with van der Waals surface area (Å²) in [6, 6.07) is 7.66. The zero-order valence-electron chi connectivity index (χ0n) is 20.9. The number of fused-ring (bicyclic) bond motifs is 1.